The zero-order chi connectivity index (χ0) is 41.6. The second-order valence-electron chi connectivity index (χ2n) is 15.1. The van der Waals surface area contributed by atoms with Crippen molar-refractivity contribution in [2.24, 2.45) is 0 Å². The number of allylic oxidation sites excluding steroid dienone is 10. The van der Waals surface area contributed by atoms with Crippen molar-refractivity contribution in [3.05, 3.63) is 60.8 Å². The molecule has 0 radical (unpaired) electrons. The van der Waals surface area contributed by atoms with Crippen LogP contribution in [-0.2, 0) is 28.5 Å². The third-order valence-electron chi connectivity index (χ3n) is 9.89. The van der Waals surface area contributed by atoms with E-state index in [1.165, 1.54) is 44.9 Å². The van der Waals surface area contributed by atoms with Gasteiger partial charge in [-0.15, -0.1) is 0 Å². The van der Waals surface area contributed by atoms with Crippen LogP contribution < -0.4 is 0 Å². The molecule has 1 rings (SSSR count). The summed E-state index contributed by atoms with van der Waals surface area (Å²) in [6.45, 7) is 3.25. The van der Waals surface area contributed by atoms with Crippen LogP contribution in [-0.4, -0.2) is 89.0 Å². The van der Waals surface area contributed by atoms with Gasteiger partial charge in [0.05, 0.1) is 13.2 Å². The van der Waals surface area contributed by atoms with Crippen LogP contribution in [0.25, 0.3) is 0 Å². The highest BCUT2D eigenvalue weighted by Crippen LogP contribution is 2.22. The van der Waals surface area contributed by atoms with E-state index in [0.29, 0.717) is 12.8 Å². The van der Waals surface area contributed by atoms with Crippen LogP contribution in [0.5, 0.6) is 0 Å². The SMILES string of the molecule is CC/C=C\C/C=C\C/C=C\CCCCCCCCCC(=O)OC(COC(=O)CCCCCCC/C=C\C/C=C\CCCCC)COC1OC(CO)C(O)C(O)C1O. The van der Waals surface area contributed by atoms with Gasteiger partial charge < -0.3 is 39.4 Å². The van der Waals surface area contributed by atoms with E-state index in [-0.39, 0.29) is 26.1 Å². The van der Waals surface area contributed by atoms with E-state index in [0.717, 1.165) is 83.5 Å². The van der Waals surface area contributed by atoms with E-state index >= 15 is 0 Å². The molecule has 0 saturated carbocycles. The number of unbranched alkanes of at least 4 members (excludes halogenated alkanes) is 15. The summed E-state index contributed by atoms with van der Waals surface area (Å²) >= 11 is 0. The predicted octanol–water partition coefficient (Wildman–Crippen LogP) is 9.44. The number of rotatable bonds is 36. The molecule has 0 amide bonds. The molecular weight excluding hydrogens is 725 g/mol. The summed E-state index contributed by atoms with van der Waals surface area (Å²) in [5.41, 5.74) is 0. The lowest BCUT2D eigenvalue weighted by atomic mass is 9.99. The van der Waals surface area contributed by atoms with E-state index in [1.807, 2.05) is 0 Å². The molecule has 1 aliphatic heterocycles. The molecule has 1 saturated heterocycles. The summed E-state index contributed by atoms with van der Waals surface area (Å²) in [7, 11) is 0. The molecule has 0 aliphatic carbocycles. The highest BCUT2D eigenvalue weighted by atomic mass is 16.7. The molecule has 10 heteroatoms. The lowest BCUT2D eigenvalue weighted by molar-refractivity contribution is -0.305. The van der Waals surface area contributed by atoms with Gasteiger partial charge in [-0.1, -0.05) is 139 Å². The average Bonchev–Trinajstić information content (AvgIpc) is 3.21. The van der Waals surface area contributed by atoms with Gasteiger partial charge in [0.15, 0.2) is 12.4 Å². The van der Waals surface area contributed by atoms with Gasteiger partial charge >= 0.3 is 11.9 Å². The fraction of sp³-hybridized carbons (Fsp3) is 0.745. The highest BCUT2D eigenvalue weighted by molar-refractivity contribution is 5.70. The normalized spacial score (nSPS) is 20.8. The Bertz CT molecular complexity index is 1110. The molecule has 0 spiro atoms. The smallest absolute Gasteiger partial charge is 0.306 e. The monoisotopic (exact) mass is 805 g/mol. The average molecular weight is 805 g/mol. The van der Waals surface area contributed by atoms with Crippen molar-refractivity contribution in [1.29, 1.82) is 0 Å². The Morgan fingerprint density at radius 3 is 1.56 bits per heavy atom. The first-order chi connectivity index (χ1) is 27.8. The van der Waals surface area contributed by atoms with Crippen molar-refractivity contribution in [1.82, 2.24) is 0 Å². The molecule has 328 valence electrons. The molecule has 1 heterocycles. The Morgan fingerprint density at radius 2 is 1.04 bits per heavy atom. The van der Waals surface area contributed by atoms with Crippen molar-refractivity contribution in [2.45, 2.75) is 205 Å². The van der Waals surface area contributed by atoms with E-state index in [1.54, 1.807) is 0 Å². The van der Waals surface area contributed by atoms with Crippen molar-refractivity contribution in [2.75, 3.05) is 19.8 Å². The Morgan fingerprint density at radius 1 is 0.561 bits per heavy atom. The van der Waals surface area contributed by atoms with Gasteiger partial charge in [0, 0.05) is 12.8 Å². The van der Waals surface area contributed by atoms with Crippen molar-refractivity contribution in [3.63, 3.8) is 0 Å². The third kappa shape index (κ3) is 29.3. The minimum Gasteiger partial charge on any atom is -0.462 e. The fourth-order valence-electron chi connectivity index (χ4n) is 6.35. The molecule has 0 bridgehead atoms. The van der Waals surface area contributed by atoms with E-state index in [4.69, 9.17) is 18.9 Å². The van der Waals surface area contributed by atoms with Gasteiger partial charge in [0.25, 0.3) is 0 Å². The van der Waals surface area contributed by atoms with Crippen LogP contribution in [0, 0.1) is 0 Å². The summed E-state index contributed by atoms with van der Waals surface area (Å²) in [5.74, 6) is -0.838. The number of carbonyl (C=O) groups is 2. The molecule has 0 aromatic heterocycles. The minimum absolute atomic E-state index is 0.213. The summed E-state index contributed by atoms with van der Waals surface area (Å²) in [4.78, 5) is 25.3. The molecule has 0 aromatic rings. The Labute approximate surface area is 345 Å². The van der Waals surface area contributed by atoms with Gasteiger partial charge in [-0.2, -0.15) is 0 Å². The summed E-state index contributed by atoms with van der Waals surface area (Å²) < 4.78 is 22.1. The molecule has 6 atom stereocenters. The van der Waals surface area contributed by atoms with Crippen LogP contribution in [0.4, 0.5) is 0 Å². The van der Waals surface area contributed by atoms with Crippen LogP contribution in [0.1, 0.15) is 168 Å². The largest absolute Gasteiger partial charge is 0.462 e. The van der Waals surface area contributed by atoms with Gasteiger partial charge in [0.1, 0.15) is 31.0 Å². The van der Waals surface area contributed by atoms with E-state index in [2.05, 4.69) is 74.6 Å². The quantitative estimate of drug-likeness (QED) is 0.0274. The number of carbonyl (C=O) groups excluding carboxylic acids is 2. The Balaban J connectivity index is 2.35. The van der Waals surface area contributed by atoms with Gasteiger partial charge in [-0.25, -0.2) is 0 Å². The molecule has 6 unspecified atom stereocenters. The fourth-order valence-corrected chi connectivity index (χ4v) is 6.35. The maximum absolute atomic E-state index is 12.8. The van der Waals surface area contributed by atoms with Gasteiger partial charge in [-0.3, -0.25) is 9.59 Å². The number of ether oxygens (including phenoxy) is 4. The van der Waals surface area contributed by atoms with E-state index < -0.39 is 55.4 Å². The zero-order valence-corrected chi connectivity index (χ0v) is 35.6. The molecule has 0 aromatic carbocycles. The van der Waals surface area contributed by atoms with Gasteiger partial charge in [-0.05, 0) is 77.0 Å². The number of hydrogen-bond donors (Lipinski definition) is 4. The molecule has 4 N–H and O–H groups in total. The number of aliphatic hydroxyl groups is 4. The first-order valence-corrected chi connectivity index (χ1v) is 22.4. The molecule has 1 fully saturated rings. The summed E-state index contributed by atoms with van der Waals surface area (Å²) in [6, 6.07) is 0. The Hall–Kier alpha value is -2.60. The second kappa shape index (κ2) is 37.7. The zero-order valence-electron chi connectivity index (χ0n) is 35.6. The lowest BCUT2D eigenvalue weighted by Crippen LogP contribution is -2.59. The maximum Gasteiger partial charge on any atom is 0.306 e. The molecule has 1 aliphatic rings. The van der Waals surface area contributed by atoms with Gasteiger partial charge in [0.2, 0.25) is 0 Å². The van der Waals surface area contributed by atoms with Crippen LogP contribution in [0.3, 0.4) is 0 Å². The molecule has 57 heavy (non-hydrogen) atoms. The lowest BCUT2D eigenvalue weighted by Gasteiger charge is -2.39. The first-order valence-electron chi connectivity index (χ1n) is 22.4. The maximum atomic E-state index is 12.8. The van der Waals surface area contributed by atoms with Crippen LogP contribution >= 0.6 is 0 Å². The number of esters is 2. The summed E-state index contributed by atoms with van der Waals surface area (Å²) in [6.07, 6.45) is 37.9. The number of aliphatic hydroxyl groups excluding tert-OH is 4. The van der Waals surface area contributed by atoms with E-state index in [9.17, 15) is 30.0 Å². The second-order valence-corrected chi connectivity index (χ2v) is 15.1. The van der Waals surface area contributed by atoms with Crippen molar-refractivity contribution >= 4 is 11.9 Å². The third-order valence-corrected chi connectivity index (χ3v) is 9.89. The topological polar surface area (TPSA) is 152 Å². The first kappa shape index (κ1) is 52.4. The highest BCUT2D eigenvalue weighted by Gasteiger charge is 2.44. The van der Waals surface area contributed by atoms with Crippen molar-refractivity contribution < 1.29 is 49.0 Å². The Kier molecular flexibility index (Phi) is 34.6. The number of hydrogen-bond acceptors (Lipinski definition) is 10. The molecule has 10 nitrogen and oxygen atoms in total. The minimum atomic E-state index is -1.60. The summed E-state index contributed by atoms with van der Waals surface area (Å²) in [5, 5.41) is 40.1. The predicted molar refractivity (Wildman–Crippen MR) is 228 cm³/mol. The molecular formula is C47H80O10. The standard InChI is InChI=1S/C47H80O10/c1-3-5-7-9-11-13-15-17-19-20-22-24-26-28-30-32-34-36-43(50)56-40(39-55-47-46(53)45(52)44(51)41(37-48)57-47)38-54-42(49)35-33-31-29-27-25-23-21-18-16-14-12-10-8-6-4-2/h5,7,11-14,17-19,21,40-41,44-48,51-53H,3-4,6,8-10,15-16,20,22-39H2,1-2H3/b7-5-,13-11-,14-12-,19-17-,21-18-. The van der Waals surface area contributed by atoms with Crippen LogP contribution in [0.15, 0.2) is 60.8 Å². The van der Waals surface area contributed by atoms with Crippen LogP contribution in [0.2, 0.25) is 0 Å². The van der Waals surface area contributed by atoms with Crippen molar-refractivity contribution in [3.8, 4) is 0 Å².